The third kappa shape index (κ3) is 3.54. The number of ether oxygens (including phenoxy) is 1. The van der Waals surface area contributed by atoms with Crippen LogP contribution in [0.1, 0.15) is 12.1 Å². The lowest BCUT2D eigenvalue weighted by atomic mass is 10.3. The van der Waals surface area contributed by atoms with Crippen LogP contribution in [0.3, 0.4) is 0 Å². The minimum absolute atomic E-state index is 0.638. The van der Waals surface area contributed by atoms with E-state index in [2.05, 4.69) is 21.0 Å². The monoisotopic (exact) mass is 271 g/mol. The number of hydrogen-bond donors (Lipinski definition) is 0. The van der Waals surface area contributed by atoms with Gasteiger partial charge in [-0.15, -0.1) is 0 Å². The Kier molecular flexibility index (Phi) is 4.66. The van der Waals surface area contributed by atoms with E-state index >= 15 is 0 Å². The van der Waals surface area contributed by atoms with Crippen LogP contribution in [0.4, 0.5) is 0 Å². The first kappa shape index (κ1) is 12.6. The minimum atomic E-state index is 0.638. The second kappa shape index (κ2) is 5.56. The Morgan fingerprint density at radius 1 is 1.60 bits per heavy atom. The Bertz CT molecular complexity index is 327. The fourth-order valence-electron chi connectivity index (χ4n) is 1.25. The van der Waals surface area contributed by atoms with Gasteiger partial charge >= 0.3 is 0 Å². The number of hydrogen-bond acceptors (Lipinski definition) is 3. The van der Waals surface area contributed by atoms with E-state index in [0.29, 0.717) is 6.61 Å². The van der Waals surface area contributed by atoms with Crippen molar-refractivity contribution in [2.45, 2.75) is 13.3 Å². The van der Waals surface area contributed by atoms with Crippen LogP contribution in [0.15, 0.2) is 4.47 Å². The van der Waals surface area contributed by atoms with Gasteiger partial charge in [0.15, 0.2) is 7.98 Å². The Morgan fingerprint density at radius 2 is 2.27 bits per heavy atom. The maximum Gasteiger partial charge on any atom is 0.226 e. The molecule has 0 saturated carbocycles. The first-order chi connectivity index (χ1) is 7.02. The van der Waals surface area contributed by atoms with Crippen LogP contribution in [-0.4, -0.2) is 42.8 Å². The maximum atomic E-state index is 5.61. The summed E-state index contributed by atoms with van der Waals surface area (Å²) in [6.45, 7) is 3.39. The van der Waals surface area contributed by atoms with Gasteiger partial charge < -0.3 is 9.55 Å². The molecule has 0 saturated heterocycles. The summed E-state index contributed by atoms with van der Waals surface area (Å²) in [5.41, 5.74) is 0.934. The summed E-state index contributed by atoms with van der Waals surface area (Å²) < 4.78 is 8.26. The van der Waals surface area contributed by atoms with Crippen LogP contribution >= 0.6 is 15.9 Å². The fraction of sp³-hybridized carbons (Fsp3) is 0.667. The molecule has 0 spiro atoms. The van der Waals surface area contributed by atoms with Crippen LogP contribution in [0.25, 0.3) is 0 Å². The SMILES string of the molecule is [B]N(C)CCCOc1c(Br)c(C)nn1C. The highest BCUT2D eigenvalue weighted by Crippen LogP contribution is 2.27. The van der Waals surface area contributed by atoms with Crippen LogP contribution in [-0.2, 0) is 7.05 Å². The average Bonchev–Trinajstić information content (AvgIpc) is 2.37. The zero-order valence-electron chi connectivity index (χ0n) is 9.33. The predicted octanol–water partition coefficient (Wildman–Crippen LogP) is 1.28. The molecule has 0 aliphatic heterocycles. The molecule has 0 atom stereocenters. The lowest BCUT2D eigenvalue weighted by molar-refractivity contribution is 0.273. The molecule has 0 bridgehead atoms. The van der Waals surface area contributed by atoms with Gasteiger partial charge in [-0.3, -0.25) is 0 Å². The van der Waals surface area contributed by atoms with E-state index in [-0.39, 0.29) is 0 Å². The molecule has 0 fully saturated rings. The zero-order valence-corrected chi connectivity index (χ0v) is 10.9. The quantitative estimate of drug-likeness (QED) is 0.597. The lowest BCUT2D eigenvalue weighted by Gasteiger charge is -2.10. The highest BCUT2D eigenvalue weighted by atomic mass is 79.9. The molecule has 1 aromatic heterocycles. The molecule has 0 N–H and O–H groups in total. The topological polar surface area (TPSA) is 30.3 Å². The van der Waals surface area contributed by atoms with Crippen molar-refractivity contribution in [3.8, 4) is 5.88 Å². The Balaban J connectivity index is 2.44. The molecule has 0 amide bonds. The first-order valence-electron chi connectivity index (χ1n) is 4.80. The second-order valence-electron chi connectivity index (χ2n) is 3.51. The summed E-state index contributed by atoms with van der Waals surface area (Å²) in [6.07, 6.45) is 0.893. The van der Waals surface area contributed by atoms with Crippen molar-refractivity contribution in [3.63, 3.8) is 0 Å². The largest absolute Gasteiger partial charge is 0.477 e. The minimum Gasteiger partial charge on any atom is -0.477 e. The average molecular weight is 272 g/mol. The molecule has 0 aliphatic rings. The molecule has 4 nitrogen and oxygen atoms in total. The highest BCUT2D eigenvalue weighted by Gasteiger charge is 2.11. The maximum absolute atomic E-state index is 5.61. The number of aryl methyl sites for hydroxylation is 2. The van der Waals surface area contributed by atoms with E-state index in [0.717, 1.165) is 29.0 Å². The van der Waals surface area contributed by atoms with Crippen molar-refractivity contribution >= 4 is 23.9 Å². The molecule has 0 aliphatic carbocycles. The van der Waals surface area contributed by atoms with E-state index in [9.17, 15) is 0 Å². The Hall–Kier alpha value is -0.485. The summed E-state index contributed by atoms with van der Waals surface area (Å²) in [6, 6.07) is 0. The number of rotatable bonds is 5. The van der Waals surface area contributed by atoms with E-state index in [1.54, 1.807) is 9.49 Å². The van der Waals surface area contributed by atoms with Gasteiger partial charge in [-0.1, -0.05) is 0 Å². The van der Waals surface area contributed by atoms with Crippen molar-refractivity contribution in [3.05, 3.63) is 10.2 Å². The van der Waals surface area contributed by atoms with E-state index in [1.807, 2.05) is 21.0 Å². The molecular weight excluding hydrogens is 257 g/mol. The lowest BCUT2D eigenvalue weighted by Crippen LogP contribution is -2.17. The summed E-state index contributed by atoms with van der Waals surface area (Å²) in [4.78, 5) is 1.65. The predicted molar refractivity (Wildman–Crippen MR) is 64.1 cm³/mol. The molecule has 6 heteroatoms. The number of aromatic nitrogens is 2. The Morgan fingerprint density at radius 3 is 2.73 bits per heavy atom. The van der Waals surface area contributed by atoms with Crippen molar-refractivity contribution in [2.75, 3.05) is 20.2 Å². The first-order valence-corrected chi connectivity index (χ1v) is 5.59. The van der Waals surface area contributed by atoms with Gasteiger partial charge in [0.25, 0.3) is 0 Å². The number of halogens is 1. The summed E-state index contributed by atoms with van der Waals surface area (Å²) in [5.74, 6) is 0.771. The van der Waals surface area contributed by atoms with Gasteiger partial charge in [-0.2, -0.15) is 5.10 Å². The molecule has 15 heavy (non-hydrogen) atoms. The van der Waals surface area contributed by atoms with Crippen LogP contribution in [0.5, 0.6) is 5.88 Å². The van der Waals surface area contributed by atoms with Crippen molar-refractivity contribution in [1.82, 2.24) is 14.6 Å². The van der Waals surface area contributed by atoms with Gasteiger partial charge in [0.2, 0.25) is 5.88 Å². The molecule has 1 aromatic rings. The molecule has 2 radical (unpaired) electrons. The van der Waals surface area contributed by atoms with Crippen LogP contribution in [0.2, 0.25) is 0 Å². The van der Waals surface area contributed by atoms with Gasteiger partial charge in [-0.05, 0) is 42.9 Å². The van der Waals surface area contributed by atoms with E-state index in [1.165, 1.54) is 0 Å². The van der Waals surface area contributed by atoms with Crippen molar-refractivity contribution < 1.29 is 4.74 Å². The molecule has 0 unspecified atom stereocenters. The van der Waals surface area contributed by atoms with E-state index in [4.69, 9.17) is 12.7 Å². The van der Waals surface area contributed by atoms with Crippen LogP contribution < -0.4 is 4.74 Å². The molecule has 82 valence electrons. The molecule has 1 heterocycles. The smallest absolute Gasteiger partial charge is 0.226 e. The molecule has 1 rings (SSSR count). The third-order valence-electron chi connectivity index (χ3n) is 1.99. The highest BCUT2D eigenvalue weighted by molar-refractivity contribution is 9.10. The summed E-state index contributed by atoms with van der Waals surface area (Å²) in [7, 11) is 9.19. The van der Waals surface area contributed by atoms with E-state index < -0.39 is 0 Å². The summed E-state index contributed by atoms with van der Waals surface area (Å²) in [5, 5.41) is 4.23. The second-order valence-corrected chi connectivity index (χ2v) is 4.30. The molecular formula is C9H15BBrN3O. The van der Waals surface area contributed by atoms with Gasteiger partial charge in [0, 0.05) is 7.05 Å². The standard InChI is InChI=1S/C9H15BBrN3O/c1-7-8(11)9(14(3)12-7)15-6-4-5-13(2)10/h4-6H2,1-3H3. The Labute approximate surface area is 100 Å². The fourth-order valence-corrected chi connectivity index (χ4v) is 1.70. The van der Waals surface area contributed by atoms with Gasteiger partial charge in [0.1, 0.15) is 4.47 Å². The van der Waals surface area contributed by atoms with Crippen molar-refractivity contribution in [1.29, 1.82) is 0 Å². The van der Waals surface area contributed by atoms with Gasteiger partial charge in [-0.25, -0.2) is 4.68 Å². The van der Waals surface area contributed by atoms with Gasteiger partial charge in [0.05, 0.1) is 12.3 Å². The summed E-state index contributed by atoms with van der Waals surface area (Å²) >= 11 is 3.44. The normalized spacial score (nSPS) is 11.0. The zero-order chi connectivity index (χ0) is 11.4. The van der Waals surface area contributed by atoms with Crippen LogP contribution in [0, 0.1) is 6.92 Å². The number of nitrogens with zero attached hydrogens (tertiary/aromatic N) is 3. The third-order valence-corrected chi connectivity index (χ3v) is 2.91. The molecule has 0 aromatic carbocycles. The van der Waals surface area contributed by atoms with Crippen molar-refractivity contribution in [2.24, 2.45) is 7.05 Å².